The van der Waals surface area contributed by atoms with Gasteiger partial charge in [0.05, 0.1) is 5.56 Å². The Hall–Kier alpha value is -3.61. The molecule has 1 aliphatic heterocycles. The van der Waals surface area contributed by atoms with Crippen molar-refractivity contribution in [2.75, 3.05) is 11.9 Å². The van der Waals surface area contributed by atoms with Gasteiger partial charge in [0.15, 0.2) is 12.6 Å². The number of nitrogens with one attached hydrogen (secondary N) is 1. The zero-order chi connectivity index (χ0) is 19.6. The summed E-state index contributed by atoms with van der Waals surface area (Å²) in [5.74, 6) is -5.05. The van der Waals surface area contributed by atoms with Crippen LogP contribution in [0, 0.1) is 17.1 Å². The molecule has 1 aliphatic rings. The Labute approximate surface area is 151 Å². The number of ether oxygens (including phenoxy) is 1. The van der Waals surface area contributed by atoms with E-state index in [1.807, 2.05) is 6.07 Å². The van der Waals surface area contributed by atoms with Gasteiger partial charge < -0.3 is 15.8 Å². The van der Waals surface area contributed by atoms with Crippen LogP contribution in [0.15, 0.2) is 41.5 Å². The average Bonchev–Trinajstić information content (AvgIpc) is 2.65. The van der Waals surface area contributed by atoms with E-state index in [9.17, 15) is 18.0 Å². The zero-order valence-electron chi connectivity index (χ0n) is 13.6. The summed E-state index contributed by atoms with van der Waals surface area (Å²) in [6.07, 6.45) is 1.21. The summed E-state index contributed by atoms with van der Waals surface area (Å²) >= 11 is 0. The van der Waals surface area contributed by atoms with E-state index in [0.29, 0.717) is 0 Å². The van der Waals surface area contributed by atoms with Crippen LogP contribution < -0.4 is 11.1 Å². The first kappa shape index (κ1) is 18.2. The maximum absolute atomic E-state index is 14.1. The minimum atomic E-state index is -3.47. The number of carbonyl (C=O) groups excluding carboxylic acids is 1. The number of carbonyl (C=O) groups is 1. The summed E-state index contributed by atoms with van der Waals surface area (Å²) in [6.45, 7) is -1.03. The summed E-state index contributed by atoms with van der Waals surface area (Å²) in [5.41, 5.74) is 5.23. The molecule has 1 atom stereocenters. The molecule has 27 heavy (non-hydrogen) atoms. The monoisotopic (exact) mass is 375 g/mol. The standard InChI is InChI=1S/C17H12F3N5O2/c18-12-3-2-10(24-15(26)13-4-1-9(6-21)7-23-13)5-11(12)14-17(19,20)8-27-16(22)25-14/h1-5,7,14H,8H2,(H2,22,25)(H,24,26). The Kier molecular flexibility index (Phi) is 4.68. The molecule has 0 fully saturated rings. The predicted molar refractivity (Wildman–Crippen MR) is 88.6 cm³/mol. The molecule has 3 rings (SSSR count). The van der Waals surface area contributed by atoms with Gasteiger partial charge in [-0.15, -0.1) is 0 Å². The van der Waals surface area contributed by atoms with Crippen LogP contribution in [0.25, 0.3) is 0 Å². The molecule has 1 aromatic carbocycles. The van der Waals surface area contributed by atoms with Gasteiger partial charge in [0.1, 0.15) is 17.6 Å². The van der Waals surface area contributed by atoms with Crippen LogP contribution in [0.1, 0.15) is 27.7 Å². The second kappa shape index (κ2) is 6.95. The van der Waals surface area contributed by atoms with Crippen LogP contribution in [-0.2, 0) is 4.74 Å². The van der Waals surface area contributed by atoms with E-state index in [-0.39, 0.29) is 16.9 Å². The highest BCUT2D eigenvalue weighted by molar-refractivity contribution is 6.02. The van der Waals surface area contributed by atoms with Crippen LogP contribution in [0.2, 0.25) is 0 Å². The van der Waals surface area contributed by atoms with Crippen molar-refractivity contribution < 1.29 is 22.7 Å². The van der Waals surface area contributed by atoms with Gasteiger partial charge in [-0.3, -0.25) is 4.79 Å². The number of alkyl halides is 2. The molecular weight excluding hydrogens is 363 g/mol. The van der Waals surface area contributed by atoms with Crippen LogP contribution in [0.3, 0.4) is 0 Å². The fourth-order valence-corrected chi connectivity index (χ4v) is 2.43. The van der Waals surface area contributed by atoms with E-state index in [0.717, 1.165) is 12.1 Å². The van der Waals surface area contributed by atoms with Crippen molar-refractivity contribution in [2.45, 2.75) is 12.0 Å². The van der Waals surface area contributed by atoms with Crippen molar-refractivity contribution in [1.29, 1.82) is 5.26 Å². The lowest BCUT2D eigenvalue weighted by atomic mass is 9.99. The van der Waals surface area contributed by atoms with Gasteiger partial charge in [-0.1, -0.05) is 0 Å². The first-order valence-electron chi connectivity index (χ1n) is 7.61. The van der Waals surface area contributed by atoms with Crippen molar-refractivity contribution >= 4 is 17.6 Å². The number of anilines is 1. The lowest BCUT2D eigenvalue weighted by Crippen LogP contribution is -2.40. The number of amides is 1. The van der Waals surface area contributed by atoms with E-state index < -0.39 is 41.9 Å². The number of hydrogen-bond acceptors (Lipinski definition) is 6. The third kappa shape index (κ3) is 3.82. The Morgan fingerprint density at radius 1 is 1.37 bits per heavy atom. The van der Waals surface area contributed by atoms with Gasteiger partial charge in [0.25, 0.3) is 11.9 Å². The van der Waals surface area contributed by atoms with Crippen LogP contribution in [-0.4, -0.2) is 29.4 Å². The number of nitrogens with two attached hydrogens (primary N) is 1. The van der Waals surface area contributed by atoms with Crippen molar-refractivity contribution in [3.63, 3.8) is 0 Å². The summed E-state index contributed by atoms with van der Waals surface area (Å²) in [5, 5.41) is 11.2. The van der Waals surface area contributed by atoms with Crippen molar-refractivity contribution in [3.8, 4) is 6.07 Å². The maximum Gasteiger partial charge on any atom is 0.307 e. The Morgan fingerprint density at radius 2 is 2.15 bits per heavy atom. The molecule has 7 nitrogen and oxygen atoms in total. The second-order valence-electron chi connectivity index (χ2n) is 5.65. The molecule has 0 aliphatic carbocycles. The molecule has 0 spiro atoms. The van der Waals surface area contributed by atoms with E-state index in [1.54, 1.807) is 0 Å². The first-order chi connectivity index (χ1) is 12.8. The highest BCUT2D eigenvalue weighted by Crippen LogP contribution is 2.39. The molecule has 1 unspecified atom stereocenters. The zero-order valence-corrected chi connectivity index (χ0v) is 13.6. The van der Waals surface area contributed by atoms with Crippen molar-refractivity contribution in [2.24, 2.45) is 10.7 Å². The molecule has 0 bridgehead atoms. The Morgan fingerprint density at radius 3 is 2.81 bits per heavy atom. The van der Waals surface area contributed by atoms with Gasteiger partial charge >= 0.3 is 5.92 Å². The highest BCUT2D eigenvalue weighted by Gasteiger charge is 2.46. The van der Waals surface area contributed by atoms with E-state index >= 15 is 0 Å². The minimum Gasteiger partial charge on any atom is -0.459 e. The smallest absolute Gasteiger partial charge is 0.307 e. The predicted octanol–water partition coefficient (Wildman–Crippen LogP) is 2.37. The summed E-state index contributed by atoms with van der Waals surface area (Å²) in [6, 6.07) is 5.45. The molecule has 2 heterocycles. The van der Waals surface area contributed by atoms with Crippen LogP contribution in [0.5, 0.6) is 0 Å². The fraction of sp³-hybridized carbons (Fsp3) is 0.176. The molecule has 10 heteroatoms. The third-order valence-corrected chi connectivity index (χ3v) is 3.74. The van der Waals surface area contributed by atoms with Gasteiger partial charge in [-0.2, -0.15) is 5.26 Å². The quantitative estimate of drug-likeness (QED) is 0.855. The maximum atomic E-state index is 14.1. The Balaban J connectivity index is 1.88. The van der Waals surface area contributed by atoms with Crippen LogP contribution in [0.4, 0.5) is 18.9 Å². The third-order valence-electron chi connectivity index (χ3n) is 3.74. The Bertz CT molecular complexity index is 954. The minimum absolute atomic E-state index is 0.00136. The summed E-state index contributed by atoms with van der Waals surface area (Å²) < 4.78 is 46.8. The number of rotatable bonds is 3. The lowest BCUT2D eigenvalue weighted by Gasteiger charge is -2.28. The molecule has 138 valence electrons. The number of halogens is 3. The molecule has 0 saturated heterocycles. The summed E-state index contributed by atoms with van der Waals surface area (Å²) in [4.78, 5) is 19.5. The van der Waals surface area contributed by atoms with Crippen LogP contribution >= 0.6 is 0 Å². The average molecular weight is 375 g/mol. The molecule has 3 N–H and O–H groups in total. The van der Waals surface area contributed by atoms with Gasteiger partial charge in [-0.25, -0.2) is 23.1 Å². The number of nitrogens with zero attached hydrogens (tertiary/aromatic N) is 3. The first-order valence-corrected chi connectivity index (χ1v) is 7.61. The van der Waals surface area contributed by atoms with Gasteiger partial charge in [0, 0.05) is 17.4 Å². The second-order valence-corrected chi connectivity index (χ2v) is 5.65. The normalized spacial score (nSPS) is 18.0. The number of aromatic nitrogens is 1. The summed E-state index contributed by atoms with van der Waals surface area (Å²) in [7, 11) is 0. The molecule has 1 aromatic heterocycles. The number of benzene rings is 1. The number of amidine groups is 1. The molecule has 0 saturated carbocycles. The van der Waals surface area contributed by atoms with Gasteiger partial charge in [-0.05, 0) is 30.3 Å². The van der Waals surface area contributed by atoms with E-state index in [4.69, 9.17) is 11.0 Å². The van der Waals surface area contributed by atoms with Gasteiger partial charge in [0.2, 0.25) is 0 Å². The molecule has 2 aromatic rings. The van der Waals surface area contributed by atoms with E-state index in [2.05, 4.69) is 20.0 Å². The molecule has 1 amide bonds. The SMILES string of the molecule is N#Cc1ccc(C(=O)Nc2ccc(F)c(C3N=C(N)OCC3(F)F)c2)nc1. The largest absolute Gasteiger partial charge is 0.459 e. The van der Waals surface area contributed by atoms with Crippen molar-refractivity contribution in [3.05, 3.63) is 59.2 Å². The molecular formula is C17H12F3N5O2. The topological polar surface area (TPSA) is 113 Å². The molecule has 0 radical (unpaired) electrons. The van der Waals surface area contributed by atoms with E-state index in [1.165, 1.54) is 24.4 Å². The number of aliphatic imine (C=N–C) groups is 1. The number of pyridine rings is 1. The lowest BCUT2D eigenvalue weighted by molar-refractivity contribution is -0.0788. The fourth-order valence-electron chi connectivity index (χ4n) is 2.43. The highest BCUT2D eigenvalue weighted by atomic mass is 19.3. The van der Waals surface area contributed by atoms with Crippen molar-refractivity contribution in [1.82, 2.24) is 4.98 Å². The number of hydrogen-bond donors (Lipinski definition) is 2. The number of nitriles is 1.